The predicted octanol–water partition coefficient (Wildman–Crippen LogP) is 0.570. The summed E-state index contributed by atoms with van der Waals surface area (Å²) in [5.74, 6) is 0. The van der Waals surface area contributed by atoms with Crippen LogP contribution >= 0.6 is 0 Å². The normalized spacial score (nSPS) is 21.0. The number of aromatic nitrogens is 2. The van der Waals surface area contributed by atoms with E-state index in [0.29, 0.717) is 6.04 Å². The molecule has 4 nitrogen and oxygen atoms in total. The third-order valence-electron chi connectivity index (χ3n) is 2.99. The molecule has 0 aromatic carbocycles. The summed E-state index contributed by atoms with van der Waals surface area (Å²) in [7, 11) is 2.00. The molecule has 0 amide bonds. The zero-order valence-electron chi connectivity index (χ0n) is 9.37. The van der Waals surface area contributed by atoms with Gasteiger partial charge in [0.05, 0.1) is 6.04 Å². The molecule has 1 aliphatic rings. The topological polar surface area (TPSA) is 41.9 Å². The Hall–Kier alpha value is -0.870. The number of nitrogens with zero attached hydrogens (tertiary/aromatic N) is 2. The number of nitrogens with one attached hydrogen (secondary N) is 2. The van der Waals surface area contributed by atoms with Gasteiger partial charge in [0.25, 0.3) is 0 Å². The predicted molar refractivity (Wildman–Crippen MR) is 61.0 cm³/mol. The van der Waals surface area contributed by atoms with Crippen molar-refractivity contribution < 1.29 is 0 Å². The maximum Gasteiger partial charge on any atom is 0.0658 e. The molecule has 1 fully saturated rings. The highest BCUT2D eigenvalue weighted by Crippen LogP contribution is 2.17. The molecule has 0 radical (unpaired) electrons. The largest absolute Gasteiger partial charge is 0.320 e. The van der Waals surface area contributed by atoms with E-state index in [1.54, 1.807) is 0 Å². The Morgan fingerprint density at radius 1 is 1.67 bits per heavy atom. The molecule has 4 heteroatoms. The monoisotopic (exact) mass is 208 g/mol. The second kappa shape index (κ2) is 5.28. The van der Waals surface area contributed by atoms with Crippen molar-refractivity contribution in [1.29, 1.82) is 0 Å². The molecule has 2 N–H and O–H groups in total. The van der Waals surface area contributed by atoms with Crippen molar-refractivity contribution in [2.24, 2.45) is 0 Å². The lowest BCUT2D eigenvalue weighted by Gasteiger charge is -2.13. The molecular formula is C11H20N4. The van der Waals surface area contributed by atoms with Crippen molar-refractivity contribution in [1.82, 2.24) is 20.4 Å². The van der Waals surface area contributed by atoms with Crippen LogP contribution in [0.1, 0.15) is 24.6 Å². The van der Waals surface area contributed by atoms with Gasteiger partial charge in [-0.25, -0.2) is 0 Å². The van der Waals surface area contributed by atoms with Crippen molar-refractivity contribution in [2.45, 2.75) is 25.3 Å². The Labute approximate surface area is 91.1 Å². The zero-order valence-corrected chi connectivity index (χ0v) is 9.37. The van der Waals surface area contributed by atoms with E-state index in [4.69, 9.17) is 0 Å². The first-order valence-corrected chi connectivity index (χ1v) is 5.79. The fourth-order valence-electron chi connectivity index (χ4n) is 2.16. The SMILES string of the molecule is CNCCCc1ccnn1C1CCNC1. The summed E-state index contributed by atoms with van der Waals surface area (Å²) < 4.78 is 2.20. The van der Waals surface area contributed by atoms with Gasteiger partial charge < -0.3 is 10.6 Å². The van der Waals surface area contributed by atoms with E-state index >= 15 is 0 Å². The van der Waals surface area contributed by atoms with Crippen LogP contribution in [0.15, 0.2) is 12.3 Å². The highest BCUT2D eigenvalue weighted by atomic mass is 15.3. The lowest BCUT2D eigenvalue weighted by atomic mass is 10.2. The van der Waals surface area contributed by atoms with E-state index in [0.717, 1.165) is 26.1 Å². The van der Waals surface area contributed by atoms with Gasteiger partial charge in [-0.1, -0.05) is 0 Å². The Kier molecular flexibility index (Phi) is 3.75. The molecule has 0 aliphatic carbocycles. The first-order valence-electron chi connectivity index (χ1n) is 5.79. The first kappa shape index (κ1) is 10.6. The third kappa shape index (κ3) is 2.58. The average Bonchev–Trinajstić information content (AvgIpc) is 2.87. The molecule has 0 spiro atoms. The van der Waals surface area contributed by atoms with Gasteiger partial charge in [-0.15, -0.1) is 0 Å². The maximum absolute atomic E-state index is 4.43. The molecular weight excluding hydrogens is 188 g/mol. The van der Waals surface area contributed by atoms with Crippen molar-refractivity contribution in [3.05, 3.63) is 18.0 Å². The minimum absolute atomic E-state index is 0.574. The van der Waals surface area contributed by atoms with Crippen LogP contribution in [0.25, 0.3) is 0 Å². The molecule has 1 unspecified atom stereocenters. The van der Waals surface area contributed by atoms with E-state index in [-0.39, 0.29) is 0 Å². The summed E-state index contributed by atoms with van der Waals surface area (Å²) >= 11 is 0. The van der Waals surface area contributed by atoms with Crippen molar-refractivity contribution >= 4 is 0 Å². The van der Waals surface area contributed by atoms with Crippen molar-refractivity contribution in [2.75, 3.05) is 26.7 Å². The van der Waals surface area contributed by atoms with Gasteiger partial charge in [-0.2, -0.15) is 5.10 Å². The fraction of sp³-hybridized carbons (Fsp3) is 0.727. The number of rotatable bonds is 5. The molecule has 2 heterocycles. The summed E-state index contributed by atoms with van der Waals surface area (Å²) in [5.41, 5.74) is 1.37. The van der Waals surface area contributed by atoms with Crippen LogP contribution in [0.4, 0.5) is 0 Å². The molecule has 84 valence electrons. The average molecular weight is 208 g/mol. The summed E-state index contributed by atoms with van der Waals surface area (Å²) in [6.45, 7) is 3.27. The van der Waals surface area contributed by atoms with Gasteiger partial charge in [0, 0.05) is 18.4 Å². The lowest BCUT2D eigenvalue weighted by molar-refractivity contribution is 0.468. The summed E-state index contributed by atoms with van der Waals surface area (Å²) in [6.07, 6.45) is 5.44. The van der Waals surface area contributed by atoms with Gasteiger partial charge in [0.2, 0.25) is 0 Å². The van der Waals surface area contributed by atoms with Crippen LogP contribution in [0.2, 0.25) is 0 Å². The number of hydrogen-bond acceptors (Lipinski definition) is 3. The highest BCUT2D eigenvalue weighted by molar-refractivity contribution is 5.03. The standard InChI is InChI=1S/C11H20N4/c1-12-6-2-3-10-5-8-14-15(10)11-4-7-13-9-11/h5,8,11-13H,2-4,6-7,9H2,1H3. The quantitative estimate of drug-likeness (QED) is 0.695. The Morgan fingerprint density at radius 3 is 3.33 bits per heavy atom. The third-order valence-corrected chi connectivity index (χ3v) is 2.99. The van der Waals surface area contributed by atoms with Crippen LogP contribution in [0.3, 0.4) is 0 Å². The molecule has 1 saturated heterocycles. The van der Waals surface area contributed by atoms with Crippen LogP contribution in [-0.2, 0) is 6.42 Å². The van der Waals surface area contributed by atoms with Gasteiger partial charge in [-0.3, -0.25) is 4.68 Å². The van der Waals surface area contributed by atoms with E-state index in [1.165, 1.54) is 18.5 Å². The number of aryl methyl sites for hydroxylation is 1. The Balaban J connectivity index is 1.95. The van der Waals surface area contributed by atoms with Crippen molar-refractivity contribution in [3.8, 4) is 0 Å². The molecule has 1 aromatic heterocycles. The van der Waals surface area contributed by atoms with E-state index in [2.05, 4.69) is 26.5 Å². The minimum Gasteiger partial charge on any atom is -0.320 e. The van der Waals surface area contributed by atoms with Crippen molar-refractivity contribution in [3.63, 3.8) is 0 Å². The molecule has 1 atom stereocenters. The van der Waals surface area contributed by atoms with Crippen LogP contribution < -0.4 is 10.6 Å². The minimum atomic E-state index is 0.574. The van der Waals surface area contributed by atoms with Crippen LogP contribution in [0.5, 0.6) is 0 Å². The molecule has 2 rings (SSSR count). The second-order valence-electron chi connectivity index (χ2n) is 4.12. The van der Waals surface area contributed by atoms with Crippen LogP contribution in [-0.4, -0.2) is 36.5 Å². The highest BCUT2D eigenvalue weighted by Gasteiger charge is 2.18. The lowest BCUT2D eigenvalue weighted by Crippen LogP contribution is -2.17. The molecule has 0 saturated carbocycles. The Morgan fingerprint density at radius 2 is 2.60 bits per heavy atom. The van der Waals surface area contributed by atoms with Crippen LogP contribution in [0, 0.1) is 0 Å². The van der Waals surface area contributed by atoms with Gasteiger partial charge in [-0.05, 0) is 45.5 Å². The molecule has 1 aliphatic heterocycles. The van der Waals surface area contributed by atoms with E-state index in [1.807, 2.05) is 13.2 Å². The molecule has 1 aromatic rings. The molecule has 15 heavy (non-hydrogen) atoms. The maximum atomic E-state index is 4.43. The van der Waals surface area contributed by atoms with Gasteiger partial charge in [0.15, 0.2) is 0 Å². The Bertz CT molecular complexity index is 289. The van der Waals surface area contributed by atoms with E-state index < -0.39 is 0 Å². The summed E-state index contributed by atoms with van der Waals surface area (Å²) in [4.78, 5) is 0. The van der Waals surface area contributed by atoms with Gasteiger partial charge in [0.1, 0.15) is 0 Å². The van der Waals surface area contributed by atoms with Gasteiger partial charge >= 0.3 is 0 Å². The second-order valence-corrected chi connectivity index (χ2v) is 4.12. The summed E-state index contributed by atoms with van der Waals surface area (Å²) in [6, 6.07) is 2.72. The fourth-order valence-corrected chi connectivity index (χ4v) is 2.16. The number of hydrogen-bond donors (Lipinski definition) is 2. The van der Waals surface area contributed by atoms with E-state index in [9.17, 15) is 0 Å². The first-order chi connectivity index (χ1) is 7.42. The zero-order chi connectivity index (χ0) is 10.5. The molecule has 0 bridgehead atoms. The smallest absolute Gasteiger partial charge is 0.0658 e. The summed E-state index contributed by atoms with van der Waals surface area (Å²) in [5, 5.41) is 11.0.